The molecule has 0 saturated carbocycles. The summed E-state index contributed by atoms with van der Waals surface area (Å²) in [5, 5.41) is -0.757. The summed E-state index contributed by atoms with van der Waals surface area (Å²) in [6.45, 7) is 1.63. The minimum absolute atomic E-state index is 0.0723. The summed E-state index contributed by atoms with van der Waals surface area (Å²) in [7, 11) is 0. The average molecular weight is 352 g/mol. The van der Waals surface area contributed by atoms with E-state index in [1.165, 1.54) is 0 Å². The number of ether oxygens (including phenoxy) is 1. The van der Waals surface area contributed by atoms with E-state index < -0.39 is 34.3 Å². The van der Waals surface area contributed by atoms with Crippen LogP contribution in [0.5, 0.6) is 0 Å². The smallest absolute Gasteiger partial charge is 0.417 e. The maximum atomic E-state index is 14.2. The number of hydrogen-bond donors (Lipinski definition) is 0. The zero-order valence-electron chi connectivity index (χ0n) is 11.5. The first kappa shape index (κ1) is 17.3. The number of esters is 1. The van der Waals surface area contributed by atoms with Crippen molar-refractivity contribution in [3.05, 3.63) is 45.7 Å². The summed E-state index contributed by atoms with van der Waals surface area (Å²) >= 11 is 0.395. The Bertz CT molecular complexity index is 697. The third kappa shape index (κ3) is 3.63. The molecule has 2 aromatic rings. The van der Waals surface area contributed by atoms with E-state index in [-0.39, 0.29) is 11.5 Å². The van der Waals surface area contributed by atoms with Gasteiger partial charge in [-0.25, -0.2) is 9.78 Å². The van der Waals surface area contributed by atoms with Crippen molar-refractivity contribution in [2.75, 3.05) is 6.61 Å². The summed E-state index contributed by atoms with van der Waals surface area (Å²) < 4.78 is 70.4. The molecule has 0 saturated heterocycles. The van der Waals surface area contributed by atoms with Gasteiger partial charge in [0, 0.05) is 6.20 Å². The molecule has 0 aliphatic rings. The molecule has 0 aliphatic carbocycles. The van der Waals surface area contributed by atoms with Gasteiger partial charge in [0.1, 0.15) is 10.6 Å². The normalized spacial score (nSPS) is 12.3. The summed E-state index contributed by atoms with van der Waals surface area (Å²) in [5.41, 5.74) is -2.03. The van der Waals surface area contributed by atoms with Gasteiger partial charge >= 0.3 is 18.1 Å². The average Bonchev–Trinajstić information content (AvgIpc) is 2.97. The van der Waals surface area contributed by atoms with Crippen molar-refractivity contribution >= 4 is 17.3 Å². The van der Waals surface area contributed by atoms with Crippen LogP contribution < -0.4 is 0 Å². The van der Waals surface area contributed by atoms with Crippen molar-refractivity contribution in [1.82, 2.24) is 9.97 Å². The molecule has 0 atom stereocenters. The maximum absolute atomic E-state index is 14.2. The molecule has 0 unspecified atom stereocenters. The highest BCUT2D eigenvalue weighted by atomic mass is 32.1. The SMILES string of the molecule is CCOC(=O)c1cnc(C(F)(F)c2ccc(C(F)(F)F)cn2)s1. The molecule has 10 heteroatoms. The van der Waals surface area contributed by atoms with Crippen LogP contribution in [0.1, 0.15) is 32.9 Å². The zero-order valence-corrected chi connectivity index (χ0v) is 12.3. The summed E-state index contributed by atoms with van der Waals surface area (Å²) in [5.74, 6) is -4.52. The van der Waals surface area contributed by atoms with Crippen molar-refractivity contribution < 1.29 is 31.5 Å². The van der Waals surface area contributed by atoms with Gasteiger partial charge in [0.05, 0.1) is 18.4 Å². The number of nitrogens with zero attached hydrogens (tertiary/aromatic N) is 2. The van der Waals surface area contributed by atoms with Crippen LogP contribution in [-0.2, 0) is 16.8 Å². The van der Waals surface area contributed by atoms with Gasteiger partial charge in [0.15, 0.2) is 5.01 Å². The molecule has 0 aliphatic heterocycles. The molecule has 0 radical (unpaired) electrons. The second-order valence-corrected chi connectivity index (χ2v) is 5.29. The van der Waals surface area contributed by atoms with E-state index in [0.717, 1.165) is 6.20 Å². The van der Waals surface area contributed by atoms with E-state index in [9.17, 15) is 26.7 Å². The molecule has 0 spiro atoms. The molecule has 0 N–H and O–H groups in total. The van der Waals surface area contributed by atoms with Crippen LogP contribution in [0.2, 0.25) is 0 Å². The van der Waals surface area contributed by atoms with Crippen molar-refractivity contribution in [3.8, 4) is 0 Å². The number of carbonyl (C=O) groups excluding carboxylic acids is 1. The first-order chi connectivity index (χ1) is 10.7. The Kier molecular flexibility index (Phi) is 4.64. The maximum Gasteiger partial charge on any atom is 0.417 e. The minimum atomic E-state index is -4.67. The van der Waals surface area contributed by atoms with Gasteiger partial charge in [-0.2, -0.15) is 22.0 Å². The monoisotopic (exact) mass is 352 g/mol. The molecule has 0 aromatic carbocycles. The van der Waals surface area contributed by atoms with Crippen LogP contribution >= 0.6 is 11.3 Å². The fourth-order valence-corrected chi connectivity index (χ4v) is 2.37. The van der Waals surface area contributed by atoms with Gasteiger partial charge in [-0.05, 0) is 19.1 Å². The lowest BCUT2D eigenvalue weighted by molar-refractivity contribution is -0.137. The van der Waals surface area contributed by atoms with Crippen LogP contribution in [-0.4, -0.2) is 22.5 Å². The van der Waals surface area contributed by atoms with E-state index in [2.05, 4.69) is 14.7 Å². The fraction of sp³-hybridized carbons (Fsp3) is 0.308. The van der Waals surface area contributed by atoms with Crippen LogP contribution in [0.4, 0.5) is 22.0 Å². The standard InChI is InChI=1S/C13H9F5N2O2S/c1-2-22-10(21)8-6-20-11(23-8)12(14,15)9-4-3-7(5-19-9)13(16,17)18/h3-6H,2H2,1H3. The van der Waals surface area contributed by atoms with Gasteiger partial charge in [-0.3, -0.25) is 4.98 Å². The highest BCUT2D eigenvalue weighted by molar-refractivity contribution is 7.13. The van der Waals surface area contributed by atoms with E-state index in [1.807, 2.05) is 0 Å². The van der Waals surface area contributed by atoms with Crippen LogP contribution in [0, 0.1) is 0 Å². The molecule has 2 rings (SSSR count). The van der Waals surface area contributed by atoms with E-state index >= 15 is 0 Å². The first-order valence-corrected chi connectivity index (χ1v) is 7.03. The molecular weight excluding hydrogens is 343 g/mol. The number of aromatic nitrogens is 2. The molecular formula is C13H9F5N2O2S. The lowest BCUT2D eigenvalue weighted by Crippen LogP contribution is -2.17. The molecule has 23 heavy (non-hydrogen) atoms. The Labute approximate surface area is 130 Å². The number of thiazole rings is 1. The summed E-state index contributed by atoms with van der Waals surface area (Å²) in [6.07, 6.45) is -3.42. The Balaban J connectivity index is 2.29. The lowest BCUT2D eigenvalue weighted by atomic mass is 10.2. The number of carbonyl (C=O) groups is 1. The Morgan fingerprint density at radius 3 is 2.39 bits per heavy atom. The molecule has 0 fully saturated rings. The lowest BCUT2D eigenvalue weighted by Gasteiger charge is -2.13. The van der Waals surface area contributed by atoms with Crippen molar-refractivity contribution in [1.29, 1.82) is 0 Å². The highest BCUT2D eigenvalue weighted by Crippen LogP contribution is 2.38. The second-order valence-electron chi connectivity index (χ2n) is 4.25. The zero-order chi connectivity index (χ0) is 17.3. The van der Waals surface area contributed by atoms with Gasteiger partial charge in [-0.1, -0.05) is 0 Å². The number of hydrogen-bond acceptors (Lipinski definition) is 5. The molecule has 2 heterocycles. The largest absolute Gasteiger partial charge is 0.462 e. The van der Waals surface area contributed by atoms with Gasteiger partial charge in [0.2, 0.25) is 0 Å². The molecule has 0 bridgehead atoms. The minimum Gasteiger partial charge on any atom is -0.462 e. The number of pyridine rings is 1. The first-order valence-electron chi connectivity index (χ1n) is 6.21. The third-order valence-corrected chi connectivity index (χ3v) is 3.71. The fourth-order valence-electron chi connectivity index (χ4n) is 1.57. The topological polar surface area (TPSA) is 52.1 Å². The van der Waals surface area contributed by atoms with Crippen LogP contribution in [0.25, 0.3) is 0 Å². The Hall–Kier alpha value is -2.10. The third-order valence-electron chi connectivity index (χ3n) is 2.66. The molecule has 124 valence electrons. The molecule has 2 aromatic heterocycles. The van der Waals surface area contributed by atoms with Crippen molar-refractivity contribution in [3.63, 3.8) is 0 Å². The highest BCUT2D eigenvalue weighted by Gasteiger charge is 2.40. The molecule has 4 nitrogen and oxygen atoms in total. The predicted molar refractivity (Wildman–Crippen MR) is 70.3 cm³/mol. The summed E-state index contributed by atoms with van der Waals surface area (Å²) in [6, 6.07) is 1.09. The Morgan fingerprint density at radius 1 is 1.17 bits per heavy atom. The number of alkyl halides is 5. The van der Waals surface area contributed by atoms with E-state index in [1.54, 1.807) is 6.92 Å². The van der Waals surface area contributed by atoms with Crippen molar-refractivity contribution in [2.24, 2.45) is 0 Å². The van der Waals surface area contributed by atoms with Crippen LogP contribution in [0.3, 0.4) is 0 Å². The number of rotatable bonds is 4. The summed E-state index contributed by atoms with van der Waals surface area (Å²) in [4.78, 5) is 17.9. The second kappa shape index (κ2) is 6.19. The van der Waals surface area contributed by atoms with Gasteiger partial charge in [-0.15, -0.1) is 11.3 Å². The van der Waals surface area contributed by atoms with Crippen molar-refractivity contribution in [2.45, 2.75) is 19.0 Å². The molecule has 0 amide bonds. The predicted octanol–water partition coefficient (Wildman–Crippen LogP) is 3.87. The van der Waals surface area contributed by atoms with E-state index in [0.29, 0.717) is 29.7 Å². The Morgan fingerprint density at radius 2 is 1.87 bits per heavy atom. The quantitative estimate of drug-likeness (QED) is 0.619. The van der Waals surface area contributed by atoms with E-state index in [4.69, 9.17) is 0 Å². The van der Waals surface area contributed by atoms with Crippen LogP contribution in [0.15, 0.2) is 24.5 Å². The van der Waals surface area contributed by atoms with Gasteiger partial charge < -0.3 is 4.74 Å². The number of halogens is 5. The van der Waals surface area contributed by atoms with Gasteiger partial charge in [0.25, 0.3) is 0 Å².